The predicted octanol–water partition coefficient (Wildman–Crippen LogP) is 1.28. The van der Waals surface area contributed by atoms with Gasteiger partial charge in [0.25, 0.3) is 0 Å². The van der Waals surface area contributed by atoms with Gasteiger partial charge in [-0.25, -0.2) is 0 Å². The Labute approximate surface area is 126 Å². The third-order valence-corrected chi connectivity index (χ3v) is 2.56. The molecule has 3 N–H and O–H groups in total. The average molecular weight is 303 g/mol. The number of hydrogen-bond donors (Lipinski definition) is 2. The van der Waals surface area contributed by atoms with Crippen molar-refractivity contribution in [2.45, 2.75) is 13.0 Å². The lowest BCUT2D eigenvalue weighted by atomic mass is 10.1. The molecule has 1 aromatic carbocycles. The van der Waals surface area contributed by atoms with E-state index in [0.717, 1.165) is 5.56 Å². The lowest BCUT2D eigenvalue weighted by Gasteiger charge is -2.13. The molecule has 5 nitrogen and oxygen atoms in total. The lowest BCUT2D eigenvalue weighted by molar-refractivity contribution is -0.126. The highest BCUT2D eigenvalue weighted by molar-refractivity contribution is 5.85. The van der Waals surface area contributed by atoms with Gasteiger partial charge in [0.1, 0.15) is 6.61 Å². The van der Waals surface area contributed by atoms with Crippen LogP contribution in [0.3, 0.4) is 0 Å². The van der Waals surface area contributed by atoms with E-state index in [0.29, 0.717) is 26.4 Å². The highest BCUT2D eigenvalue weighted by atomic mass is 35.5. The molecule has 1 unspecified atom stereocenters. The first kappa shape index (κ1) is 18.9. The minimum Gasteiger partial charge on any atom is -0.379 e. The van der Waals surface area contributed by atoms with Crippen LogP contribution in [0.2, 0.25) is 0 Å². The standard InChI is InChI=1S/C14H22N2O3.ClH/c1-2-18-8-9-19-11-14(17)16-10-13(15)12-6-4-3-5-7-12;/h3-7,13H,2,8-11,15H2,1H3,(H,16,17);1H. The first-order chi connectivity index (χ1) is 9.24. The minimum atomic E-state index is -0.200. The van der Waals surface area contributed by atoms with E-state index in [4.69, 9.17) is 15.2 Å². The van der Waals surface area contributed by atoms with Gasteiger partial charge in [0.2, 0.25) is 5.91 Å². The Morgan fingerprint density at radius 2 is 1.90 bits per heavy atom. The molecule has 1 aromatic rings. The monoisotopic (exact) mass is 302 g/mol. The molecule has 0 aliphatic rings. The maximum absolute atomic E-state index is 11.5. The molecule has 1 rings (SSSR count). The third-order valence-electron chi connectivity index (χ3n) is 2.56. The Morgan fingerprint density at radius 3 is 2.55 bits per heavy atom. The van der Waals surface area contributed by atoms with Gasteiger partial charge in [-0.15, -0.1) is 12.4 Å². The van der Waals surface area contributed by atoms with Crippen LogP contribution in [0.25, 0.3) is 0 Å². The molecule has 0 aromatic heterocycles. The quantitative estimate of drug-likeness (QED) is 0.674. The molecular formula is C14H23ClN2O3. The Hall–Kier alpha value is -1.14. The van der Waals surface area contributed by atoms with E-state index in [1.54, 1.807) is 0 Å². The van der Waals surface area contributed by atoms with Crippen molar-refractivity contribution < 1.29 is 14.3 Å². The molecular weight excluding hydrogens is 280 g/mol. The molecule has 0 heterocycles. The van der Waals surface area contributed by atoms with Crippen LogP contribution in [0.15, 0.2) is 30.3 Å². The molecule has 0 spiro atoms. The van der Waals surface area contributed by atoms with Crippen molar-refractivity contribution in [2.24, 2.45) is 5.73 Å². The summed E-state index contributed by atoms with van der Waals surface area (Å²) in [7, 11) is 0. The van der Waals surface area contributed by atoms with Crippen LogP contribution < -0.4 is 11.1 Å². The summed E-state index contributed by atoms with van der Waals surface area (Å²) in [6, 6.07) is 9.46. The van der Waals surface area contributed by atoms with Crippen LogP contribution in [0.5, 0.6) is 0 Å². The summed E-state index contributed by atoms with van der Waals surface area (Å²) in [6.45, 7) is 3.94. The maximum Gasteiger partial charge on any atom is 0.246 e. The molecule has 1 atom stereocenters. The maximum atomic E-state index is 11.5. The number of carbonyl (C=O) groups is 1. The zero-order valence-electron chi connectivity index (χ0n) is 11.7. The first-order valence-electron chi connectivity index (χ1n) is 6.46. The number of carbonyl (C=O) groups excluding carboxylic acids is 1. The number of amides is 1. The van der Waals surface area contributed by atoms with E-state index in [1.165, 1.54) is 0 Å². The van der Waals surface area contributed by atoms with Crippen molar-refractivity contribution in [2.75, 3.05) is 33.0 Å². The van der Waals surface area contributed by atoms with Crippen molar-refractivity contribution in [1.82, 2.24) is 5.32 Å². The highest BCUT2D eigenvalue weighted by Gasteiger charge is 2.07. The summed E-state index contributed by atoms with van der Waals surface area (Å²) in [6.07, 6.45) is 0. The molecule has 0 saturated carbocycles. The van der Waals surface area contributed by atoms with Gasteiger partial charge in [0, 0.05) is 19.2 Å². The second-order valence-corrected chi connectivity index (χ2v) is 4.07. The van der Waals surface area contributed by atoms with Gasteiger partial charge in [-0.1, -0.05) is 30.3 Å². The normalized spacial score (nSPS) is 11.5. The average Bonchev–Trinajstić information content (AvgIpc) is 2.45. The molecule has 0 saturated heterocycles. The van der Waals surface area contributed by atoms with E-state index >= 15 is 0 Å². The fourth-order valence-corrected chi connectivity index (χ4v) is 1.52. The van der Waals surface area contributed by atoms with Crippen molar-refractivity contribution in [1.29, 1.82) is 0 Å². The Bertz CT molecular complexity index is 363. The van der Waals surface area contributed by atoms with Crippen LogP contribution in [-0.2, 0) is 14.3 Å². The topological polar surface area (TPSA) is 73.6 Å². The summed E-state index contributed by atoms with van der Waals surface area (Å²) >= 11 is 0. The number of hydrogen-bond acceptors (Lipinski definition) is 4. The minimum absolute atomic E-state index is 0. The second kappa shape index (κ2) is 11.7. The Kier molecular flexibility index (Phi) is 11.0. The fraction of sp³-hybridized carbons (Fsp3) is 0.500. The fourth-order valence-electron chi connectivity index (χ4n) is 1.52. The molecule has 0 bridgehead atoms. The SMILES string of the molecule is CCOCCOCC(=O)NCC(N)c1ccccc1.Cl. The summed E-state index contributed by atoms with van der Waals surface area (Å²) in [5, 5.41) is 2.74. The highest BCUT2D eigenvalue weighted by Crippen LogP contribution is 2.07. The second-order valence-electron chi connectivity index (χ2n) is 4.07. The van der Waals surface area contributed by atoms with Gasteiger partial charge >= 0.3 is 0 Å². The largest absolute Gasteiger partial charge is 0.379 e. The van der Waals surface area contributed by atoms with Gasteiger partial charge in [0.15, 0.2) is 0 Å². The Morgan fingerprint density at radius 1 is 1.25 bits per heavy atom. The molecule has 114 valence electrons. The lowest BCUT2D eigenvalue weighted by Crippen LogP contribution is -2.34. The summed E-state index contributed by atoms with van der Waals surface area (Å²) < 4.78 is 10.3. The Balaban J connectivity index is 0.00000361. The van der Waals surface area contributed by atoms with E-state index < -0.39 is 0 Å². The smallest absolute Gasteiger partial charge is 0.246 e. The van der Waals surface area contributed by atoms with Crippen molar-refractivity contribution in [3.8, 4) is 0 Å². The third kappa shape index (κ3) is 8.12. The first-order valence-corrected chi connectivity index (χ1v) is 6.46. The molecule has 0 aliphatic carbocycles. The molecule has 0 fully saturated rings. The van der Waals surface area contributed by atoms with Crippen LogP contribution in [-0.4, -0.2) is 38.9 Å². The van der Waals surface area contributed by atoms with Crippen molar-refractivity contribution in [3.63, 3.8) is 0 Å². The molecule has 0 radical (unpaired) electrons. The number of ether oxygens (including phenoxy) is 2. The molecule has 20 heavy (non-hydrogen) atoms. The zero-order chi connectivity index (χ0) is 13.9. The molecule has 6 heteroatoms. The van der Waals surface area contributed by atoms with Gasteiger partial charge < -0.3 is 20.5 Å². The van der Waals surface area contributed by atoms with Crippen LogP contribution in [0, 0.1) is 0 Å². The van der Waals surface area contributed by atoms with E-state index in [2.05, 4.69) is 5.32 Å². The van der Waals surface area contributed by atoms with Crippen molar-refractivity contribution >= 4 is 18.3 Å². The number of rotatable bonds is 9. The number of nitrogens with one attached hydrogen (secondary N) is 1. The van der Waals surface area contributed by atoms with Crippen LogP contribution in [0.1, 0.15) is 18.5 Å². The molecule has 0 aliphatic heterocycles. The van der Waals surface area contributed by atoms with Gasteiger partial charge in [-0.3, -0.25) is 4.79 Å². The van der Waals surface area contributed by atoms with Crippen LogP contribution in [0.4, 0.5) is 0 Å². The summed E-state index contributed by atoms with van der Waals surface area (Å²) in [4.78, 5) is 11.5. The van der Waals surface area contributed by atoms with Gasteiger partial charge in [0.05, 0.1) is 13.2 Å². The molecule has 1 amide bonds. The van der Waals surface area contributed by atoms with E-state index in [9.17, 15) is 4.79 Å². The number of nitrogens with two attached hydrogens (primary N) is 1. The van der Waals surface area contributed by atoms with Gasteiger partial charge in [-0.05, 0) is 12.5 Å². The number of halogens is 1. The zero-order valence-corrected chi connectivity index (χ0v) is 12.5. The van der Waals surface area contributed by atoms with Crippen molar-refractivity contribution in [3.05, 3.63) is 35.9 Å². The summed E-state index contributed by atoms with van der Waals surface area (Å²) in [5.74, 6) is -0.164. The predicted molar refractivity (Wildman–Crippen MR) is 80.9 cm³/mol. The van der Waals surface area contributed by atoms with Gasteiger partial charge in [-0.2, -0.15) is 0 Å². The summed E-state index contributed by atoms with van der Waals surface area (Å²) in [5.41, 5.74) is 6.96. The number of benzene rings is 1. The van der Waals surface area contributed by atoms with E-state index in [1.807, 2.05) is 37.3 Å². The van der Waals surface area contributed by atoms with Crippen LogP contribution >= 0.6 is 12.4 Å². The van der Waals surface area contributed by atoms with E-state index in [-0.39, 0.29) is 31.0 Å².